The molecule has 0 saturated carbocycles. The maximum absolute atomic E-state index is 12.2. The highest BCUT2D eigenvalue weighted by Gasteiger charge is 2.30. The third-order valence-corrected chi connectivity index (χ3v) is 5.52. The first-order valence-corrected chi connectivity index (χ1v) is 10.2. The van der Waals surface area contributed by atoms with E-state index in [1.165, 1.54) is 7.05 Å². The molecule has 1 N–H and O–H groups in total. The molecule has 1 fully saturated rings. The molecular weight excluding hydrogens is 414 g/mol. The van der Waals surface area contributed by atoms with Crippen LogP contribution in [-0.4, -0.2) is 28.5 Å². The Bertz CT molecular complexity index is 1180. The van der Waals surface area contributed by atoms with E-state index in [2.05, 4.69) is 9.88 Å². The Hall–Kier alpha value is -3.51. The van der Waals surface area contributed by atoms with Crippen molar-refractivity contribution >= 4 is 29.6 Å². The Morgan fingerprint density at radius 1 is 1.03 bits per heavy atom. The summed E-state index contributed by atoms with van der Waals surface area (Å²) in [6, 6.07) is 17.0. The molecule has 0 radical (unpaired) electrons. The van der Waals surface area contributed by atoms with Crippen LogP contribution in [0.4, 0.5) is 4.79 Å². The quantitative estimate of drug-likeness (QED) is 0.460. The number of nitrogens with zero attached hydrogens (tertiary/aromatic N) is 2. The van der Waals surface area contributed by atoms with Gasteiger partial charge in [0.1, 0.15) is 18.1 Å². The van der Waals surface area contributed by atoms with Crippen LogP contribution < -0.4 is 10.1 Å². The normalized spacial score (nSPS) is 15.0. The zero-order chi connectivity index (χ0) is 22.1. The van der Waals surface area contributed by atoms with Crippen molar-refractivity contribution in [1.29, 1.82) is 0 Å². The molecule has 158 valence electrons. The van der Waals surface area contributed by atoms with Gasteiger partial charge < -0.3 is 14.6 Å². The summed E-state index contributed by atoms with van der Waals surface area (Å²) in [6.45, 7) is 4.44. The fraction of sp³-hybridized carbons (Fsp3) is 0.167. The molecule has 0 aliphatic carbocycles. The SMILES string of the molecule is Cc1cc(/C=C2/NC(=O)N(C)C2=O)c(C)n1-c1ccc(OCc2ccc(Cl)cc2)cc1. The Morgan fingerprint density at radius 3 is 2.32 bits per heavy atom. The first-order valence-electron chi connectivity index (χ1n) is 9.81. The van der Waals surface area contributed by atoms with Crippen LogP contribution in [0, 0.1) is 13.8 Å². The third kappa shape index (κ3) is 4.20. The number of carbonyl (C=O) groups is 2. The van der Waals surface area contributed by atoms with Crippen molar-refractivity contribution in [2.75, 3.05) is 7.05 Å². The number of aromatic nitrogens is 1. The van der Waals surface area contributed by atoms with Crippen molar-refractivity contribution in [1.82, 2.24) is 14.8 Å². The maximum Gasteiger partial charge on any atom is 0.328 e. The first-order chi connectivity index (χ1) is 14.8. The van der Waals surface area contributed by atoms with Crippen molar-refractivity contribution < 1.29 is 14.3 Å². The number of hydrogen-bond donors (Lipinski definition) is 1. The van der Waals surface area contributed by atoms with E-state index in [0.717, 1.165) is 38.9 Å². The molecule has 7 heteroatoms. The summed E-state index contributed by atoms with van der Waals surface area (Å²) < 4.78 is 7.96. The average Bonchev–Trinajstić information content (AvgIpc) is 3.17. The van der Waals surface area contributed by atoms with E-state index in [-0.39, 0.29) is 11.6 Å². The summed E-state index contributed by atoms with van der Waals surface area (Å²) in [5.74, 6) is 0.433. The van der Waals surface area contributed by atoms with Crippen LogP contribution in [0.1, 0.15) is 22.5 Å². The summed E-state index contributed by atoms with van der Waals surface area (Å²) >= 11 is 5.92. The predicted octanol–water partition coefficient (Wildman–Crippen LogP) is 4.85. The molecule has 4 rings (SSSR count). The van der Waals surface area contributed by atoms with E-state index in [9.17, 15) is 9.59 Å². The molecule has 1 aliphatic rings. The van der Waals surface area contributed by atoms with Gasteiger partial charge in [0.05, 0.1) is 0 Å². The van der Waals surface area contributed by atoms with Crippen LogP contribution in [-0.2, 0) is 11.4 Å². The number of halogens is 1. The Balaban J connectivity index is 1.53. The number of aryl methyl sites for hydroxylation is 1. The molecule has 6 nitrogen and oxygen atoms in total. The molecule has 0 atom stereocenters. The van der Waals surface area contributed by atoms with E-state index in [0.29, 0.717) is 11.6 Å². The van der Waals surface area contributed by atoms with Crippen molar-refractivity contribution in [3.8, 4) is 11.4 Å². The first kappa shape index (κ1) is 20.8. The predicted molar refractivity (Wildman–Crippen MR) is 120 cm³/mol. The van der Waals surface area contributed by atoms with Crippen molar-refractivity contribution in [3.05, 3.63) is 87.8 Å². The van der Waals surface area contributed by atoms with Crippen molar-refractivity contribution in [2.45, 2.75) is 20.5 Å². The number of carbonyl (C=O) groups excluding carboxylic acids is 2. The van der Waals surface area contributed by atoms with E-state index in [4.69, 9.17) is 16.3 Å². The average molecular weight is 436 g/mol. The molecule has 31 heavy (non-hydrogen) atoms. The van der Waals surface area contributed by atoms with Crippen molar-refractivity contribution in [2.24, 2.45) is 0 Å². The van der Waals surface area contributed by atoms with Crippen LogP contribution in [0.5, 0.6) is 5.75 Å². The van der Waals surface area contributed by atoms with Crippen LogP contribution in [0.25, 0.3) is 11.8 Å². The largest absolute Gasteiger partial charge is 0.489 e. The topological polar surface area (TPSA) is 63.6 Å². The molecule has 0 unspecified atom stereocenters. The van der Waals surface area contributed by atoms with Gasteiger partial charge in [-0.25, -0.2) is 4.79 Å². The summed E-state index contributed by atoms with van der Waals surface area (Å²) in [5, 5.41) is 3.30. The summed E-state index contributed by atoms with van der Waals surface area (Å²) in [5.41, 5.74) is 5.17. The van der Waals surface area contributed by atoms with E-state index >= 15 is 0 Å². The van der Waals surface area contributed by atoms with Gasteiger partial charge in [-0.3, -0.25) is 9.69 Å². The Labute approximate surface area is 185 Å². The van der Waals surface area contributed by atoms with Gasteiger partial charge in [0.25, 0.3) is 5.91 Å². The molecule has 3 aromatic rings. The zero-order valence-electron chi connectivity index (χ0n) is 17.5. The van der Waals surface area contributed by atoms with Crippen LogP contribution in [0.15, 0.2) is 60.3 Å². The molecule has 1 saturated heterocycles. The highest BCUT2D eigenvalue weighted by atomic mass is 35.5. The van der Waals surface area contributed by atoms with Gasteiger partial charge in [0, 0.05) is 29.1 Å². The minimum absolute atomic E-state index is 0.277. The number of amides is 3. The highest BCUT2D eigenvalue weighted by molar-refractivity contribution is 6.30. The van der Waals surface area contributed by atoms with E-state index in [1.54, 1.807) is 6.08 Å². The lowest BCUT2D eigenvalue weighted by Crippen LogP contribution is -2.25. The maximum atomic E-state index is 12.2. The number of imide groups is 1. The minimum Gasteiger partial charge on any atom is -0.489 e. The number of benzene rings is 2. The molecule has 2 aromatic carbocycles. The van der Waals surface area contributed by atoms with E-state index in [1.807, 2.05) is 68.4 Å². The second-order valence-corrected chi connectivity index (χ2v) is 7.86. The number of ether oxygens (including phenoxy) is 1. The number of urea groups is 1. The number of rotatable bonds is 5. The molecule has 0 spiro atoms. The lowest BCUT2D eigenvalue weighted by atomic mass is 10.2. The van der Waals surface area contributed by atoms with Gasteiger partial charge in [-0.2, -0.15) is 0 Å². The molecule has 1 aliphatic heterocycles. The van der Waals surface area contributed by atoms with Gasteiger partial charge >= 0.3 is 6.03 Å². The fourth-order valence-electron chi connectivity index (χ4n) is 3.55. The summed E-state index contributed by atoms with van der Waals surface area (Å²) in [6.07, 6.45) is 1.71. The van der Waals surface area contributed by atoms with Gasteiger partial charge in [-0.05, 0) is 73.5 Å². The molecule has 0 bridgehead atoms. The second-order valence-electron chi connectivity index (χ2n) is 7.42. The fourth-order valence-corrected chi connectivity index (χ4v) is 3.67. The molecule has 2 heterocycles. The van der Waals surface area contributed by atoms with Crippen molar-refractivity contribution in [3.63, 3.8) is 0 Å². The standard InChI is InChI=1S/C24H22ClN3O3/c1-15-12-18(13-22-23(29)27(3)24(30)26-22)16(2)28(15)20-8-10-21(11-9-20)31-14-17-4-6-19(25)7-5-17/h4-13H,14H2,1-3H3,(H,26,30)/b22-13+. The lowest BCUT2D eigenvalue weighted by molar-refractivity contribution is -0.121. The van der Waals surface area contributed by atoms with Gasteiger partial charge in [0.2, 0.25) is 0 Å². The summed E-state index contributed by atoms with van der Waals surface area (Å²) in [7, 11) is 1.46. The number of hydrogen-bond acceptors (Lipinski definition) is 3. The molecule has 3 amide bonds. The molecular formula is C24H22ClN3O3. The summed E-state index contributed by atoms with van der Waals surface area (Å²) in [4.78, 5) is 24.9. The monoisotopic (exact) mass is 435 g/mol. The smallest absolute Gasteiger partial charge is 0.328 e. The lowest BCUT2D eigenvalue weighted by Gasteiger charge is -2.12. The van der Waals surface area contributed by atoms with Crippen LogP contribution >= 0.6 is 11.6 Å². The number of nitrogens with one attached hydrogen (secondary N) is 1. The number of likely N-dealkylation sites (N-methyl/N-ethyl adjacent to an activating group) is 1. The molecule has 1 aromatic heterocycles. The zero-order valence-corrected chi connectivity index (χ0v) is 18.2. The Morgan fingerprint density at radius 2 is 1.71 bits per heavy atom. The second kappa shape index (κ2) is 8.32. The Kier molecular flexibility index (Phi) is 5.57. The van der Waals surface area contributed by atoms with E-state index < -0.39 is 6.03 Å². The third-order valence-electron chi connectivity index (χ3n) is 5.27. The minimum atomic E-state index is -0.417. The highest BCUT2D eigenvalue weighted by Crippen LogP contribution is 2.25. The van der Waals surface area contributed by atoms with Crippen LogP contribution in [0.2, 0.25) is 5.02 Å². The van der Waals surface area contributed by atoms with Gasteiger partial charge in [-0.15, -0.1) is 0 Å². The van der Waals surface area contributed by atoms with Gasteiger partial charge in [0.15, 0.2) is 0 Å². The van der Waals surface area contributed by atoms with Crippen LogP contribution in [0.3, 0.4) is 0 Å². The van der Waals surface area contributed by atoms with Gasteiger partial charge in [-0.1, -0.05) is 23.7 Å².